The number of aldehydes is 1. The maximum atomic E-state index is 13.1. The van der Waals surface area contributed by atoms with Crippen LogP contribution in [0.15, 0.2) is 0 Å². The Bertz CT molecular complexity index is 829. The second-order valence-corrected chi connectivity index (χ2v) is 9.12. The predicted octanol–water partition coefficient (Wildman–Crippen LogP) is -2.56. The maximum Gasteiger partial charge on any atom is 0.305 e. The number of carboxylic acids is 1. The molecular weight excluding hydrogens is 422 g/mol. The topological polar surface area (TPSA) is 173 Å². The Balaban J connectivity index is 2.29. The number of nitrogens with one attached hydrogen (secondary N) is 2. The number of amides is 3. The van der Waals surface area contributed by atoms with Crippen molar-refractivity contribution in [1.29, 1.82) is 0 Å². The van der Waals surface area contributed by atoms with Gasteiger partial charge < -0.3 is 15.2 Å². The van der Waals surface area contributed by atoms with Crippen molar-refractivity contribution >= 4 is 40.2 Å². The summed E-state index contributed by atoms with van der Waals surface area (Å²) in [6.07, 6.45) is 0.00854. The number of rotatable bonds is 8. The minimum absolute atomic E-state index is 0.0813. The zero-order valence-corrected chi connectivity index (χ0v) is 17.4. The number of carbonyl (C=O) groups excluding carboxylic acids is 4. The van der Waals surface area contributed by atoms with E-state index in [1.165, 1.54) is 14.1 Å². The van der Waals surface area contributed by atoms with Gasteiger partial charge in [0.25, 0.3) is 16.1 Å². The molecule has 0 spiro atoms. The van der Waals surface area contributed by atoms with Crippen molar-refractivity contribution in [2.45, 2.75) is 50.2 Å². The molecule has 0 unspecified atom stereocenters. The van der Waals surface area contributed by atoms with E-state index in [0.29, 0.717) is 6.42 Å². The SMILES string of the molecule is CN(C)S(=O)(=O)N[C@H]1CCC(=O)N2CCC[C@@H](C(=O)N[C@H](C=O)CC(=O)O)N2C1=O. The lowest BCUT2D eigenvalue weighted by atomic mass is 10.1. The molecule has 2 aliphatic heterocycles. The van der Waals surface area contributed by atoms with Gasteiger partial charge in [-0.2, -0.15) is 17.4 Å². The van der Waals surface area contributed by atoms with E-state index in [1.54, 1.807) is 0 Å². The van der Waals surface area contributed by atoms with E-state index in [1.807, 2.05) is 0 Å². The second-order valence-electron chi connectivity index (χ2n) is 7.20. The third-order valence-electron chi connectivity index (χ3n) is 4.82. The number of aliphatic carboxylic acids is 1. The summed E-state index contributed by atoms with van der Waals surface area (Å²) in [5, 5.41) is 13.2. The summed E-state index contributed by atoms with van der Waals surface area (Å²) in [5.41, 5.74) is 0. The van der Waals surface area contributed by atoms with Crippen molar-refractivity contribution in [2.75, 3.05) is 20.6 Å². The van der Waals surface area contributed by atoms with Crippen molar-refractivity contribution < 1.29 is 37.5 Å². The van der Waals surface area contributed by atoms with E-state index < -0.39 is 58.4 Å². The quantitative estimate of drug-likeness (QED) is 0.341. The van der Waals surface area contributed by atoms with Gasteiger partial charge in [0.1, 0.15) is 18.4 Å². The van der Waals surface area contributed by atoms with Crippen LogP contribution in [0.25, 0.3) is 0 Å². The number of fused-ring (bicyclic) bond motifs is 1. The summed E-state index contributed by atoms with van der Waals surface area (Å²) in [4.78, 5) is 60.3. The van der Waals surface area contributed by atoms with E-state index in [-0.39, 0.29) is 32.1 Å². The highest BCUT2D eigenvalue weighted by Gasteiger charge is 2.45. The lowest BCUT2D eigenvalue weighted by Gasteiger charge is -2.43. The molecule has 0 bridgehead atoms. The van der Waals surface area contributed by atoms with Crippen LogP contribution in [0.1, 0.15) is 32.1 Å². The number of carboxylic acid groups (broad SMARTS) is 1. The number of hydrogen-bond acceptors (Lipinski definition) is 7. The monoisotopic (exact) mass is 447 g/mol. The van der Waals surface area contributed by atoms with Gasteiger partial charge in [0, 0.05) is 27.1 Å². The molecule has 0 aromatic rings. The molecule has 2 aliphatic rings. The number of nitrogens with zero attached hydrogens (tertiary/aromatic N) is 3. The van der Waals surface area contributed by atoms with Gasteiger partial charge in [-0.15, -0.1) is 0 Å². The first-order valence-electron chi connectivity index (χ1n) is 9.28. The van der Waals surface area contributed by atoms with Gasteiger partial charge >= 0.3 is 5.97 Å². The lowest BCUT2D eigenvalue weighted by Crippen LogP contribution is -2.64. The average Bonchev–Trinajstić information content (AvgIpc) is 2.78. The summed E-state index contributed by atoms with van der Waals surface area (Å²) < 4.78 is 27.5. The van der Waals surface area contributed by atoms with Gasteiger partial charge in [0.05, 0.1) is 12.5 Å². The number of hydrogen-bond donors (Lipinski definition) is 3. The fourth-order valence-corrected chi connectivity index (χ4v) is 4.06. The van der Waals surface area contributed by atoms with Gasteiger partial charge in [0.15, 0.2) is 0 Å². The van der Waals surface area contributed by atoms with Gasteiger partial charge in [-0.25, -0.2) is 5.01 Å². The first kappa shape index (κ1) is 23.7. The molecule has 30 heavy (non-hydrogen) atoms. The summed E-state index contributed by atoms with van der Waals surface area (Å²) in [5.74, 6) is -3.30. The Morgan fingerprint density at radius 1 is 1.30 bits per heavy atom. The molecule has 0 radical (unpaired) electrons. The van der Waals surface area contributed by atoms with Crippen molar-refractivity contribution in [2.24, 2.45) is 0 Å². The van der Waals surface area contributed by atoms with Crippen LogP contribution in [-0.4, -0.2) is 96.6 Å². The minimum Gasteiger partial charge on any atom is -0.481 e. The summed E-state index contributed by atoms with van der Waals surface area (Å²) in [6.45, 7) is 0.174. The van der Waals surface area contributed by atoms with Crippen molar-refractivity contribution in [1.82, 2.24) is 24.4 Å². The fraction of sp³-hybridized carbons (Fsp3) is 0.688. The molecule has 168 valence electrons. The molecule has 3 N–H and O–H groups in total. The molecule has 2 heterocycles. The van der Waals surface area contributed by atoms with Crippen LogP contribution in [0.5, 0.6) is 0 Å². The van der Waals surface area contributed by atoms with Crippen molar-refractivity contribution in [3.05, 3.63) is 0 Å². The molecule has 0 aromatic heterocycles. The summed E-state index contributed by atoms with van der Waals surface area (Å²) >= 11 is 0. The molecule has 0 aliphatic carbocycles. The molecule has 0 saturated carbocycles. The fourth-order valence-electron chi connectivity index (χ4n) is 3.27. The highest BCUT2D eigenvalue weighted by molar-refractivity contribution is 7.87. The van der Waals surface area contributed by atoms with E-state index in [9.17, 15) is 32.4 Å². The van der Waals surface area contributed by atoms with Crippen LogP contribution < -0.4 is 10.0 Å². The molecular formula is C16H25N5O8S. The normalized spacial score (nSPS) is 23.6. The Labute approximate surface area is 173 Å². The molecule has 2 fully saturated rings. The maximum absolute atomic E-state index is 13.1. The van der Waals surface area contributed by atoms with E-state index in [4.69, 9.17) is 5.11 Å². The molecule has 13 nitrogen and oxygen atoms in total. The zero-order valence-electron chi connectivity index (χ0n) is 16.6. The van der Waals surface area contributed by atoms with Gasteiger partial charge in [-0.3, -0.25) is 24.2 Å². The molecule has 3 atom stereocenters. The highest BCUT2D eigenvalue weighted by atomic mass is 32.2. The van der Waals surface area contributed by atoms with Crippen LogP contribution in [-0.2, 0) is 34.2 Å². The molecule has 0 aromatic carbocycles. The highest BCUT2D eigenvalue weighted by Crippen LogP contribution is 2.25. The molecule has 3 amide bonds. The summed E-state index contributed by atoms with van der Waals surface area (Å²) in [6, 6.07) is -3.75. The molecule has 2 rings (SSSR count). The van der Waals surface area contributed by atoms with Crippen LogP contribution in [0.2, 0.25) is 0 Å². The first-order chi connectivity index (χ1) is 14.0. The van der Waals surface area contributed by atoms with Gasteiger partial charge in [-0.1, -0.05) is 0 Å². The van der Waals surface area contributed by atoms with Crippen molar-refractivity contribution in [3.63, 3.8) is 0 Å². The van der Waals surface area contributed by atoms with Crippen LogP contribution in [0.3, 0.4) is 0 Å². The summed E-state index contributed by atoms with van der Waals surface area (Å²) in [7, 11) is -1.43. The van der Waals surface area contributed by atoms with E-state index in [2.05, 4.69) is 10.0 Å². The first-order valence-corrected chi connectivity index (χ1v) is 10.7. The number of carbonyl (C=O) groups is 5. The Morgan fingerprint density at radius 2 is 1.97 bits per heavy atom. The predicted molar refractivity (Wildman–Crippen MR) is 101 cm³/mol. The Hall–Kier alpha value is -2.58. The minimum atomic E-state index is -3.98. The third kappa shape index (κ3) is 5.31. The zero-order chi connectivity index (χ0) is 22.6. The number of hydrazine groups is 1. The van der Waals surface area contributed by atoms with Gasteiger partial charge in [-0.05, 0) is 19.3 Å². The molecule has 2 saturated heterocycles. The Kier molecular flexibility index (Phi) is 7.49. The van der Waals surface area contributed by atoms with Crippen LogP contribution in [0.4, 0.5) is 0 Å². The van der Waals surface area contributed by atoms with Crippen LogP contribution >= 0.6 is 0 Å². The van der Waals surface area contributed by atoms with Crippen molar-refractivity contribution in [3.8, 4) is 0 Å². The third-order valence-corrected chi connectivity index (χ3v) is 6.37. The van der Waals surface area contributed by atoms with Crippen LogP contribution in [0, 0.1) is 0 Å². The average molecular weight is 447 g/mol. The standard InChI is InChI=1S/C16H25N5O8S/c1-19(2)30(28,29)18-11-5-6-13(23)20-7-3-4-12(21(20)16(11)27)15(26)17-10(9-22)8-14(24)25/h9-12,18H,3-8H2,1-2H3,(H,17,26)(H,24,25)/t10-,11-,12-/m0/s1. The smallest absolute Gasteiger partial charge is 0.305 e. The van der Waals surface area contributed by atoms with E-state index >= 15 is 0 Å². The largest absolute Gasteiger partial charge is 0.481 e. The van der Waals surface area contributed by atoms with Gasteiger partial charge in [0.2, 0.25) is 11.8 Å². The van der Waals surface area contributed by atoms with E-state index in [0.717, 1.165) is 14.3 Å². The second kappa shape index (κ2) is 9.49. The lowest BCUT2D eigenvalue weighted by molar-refractivity contribution is -0.176. The molecule has 14 heteroatoms. The Morgan fingerprint density at radius 3 is 2.53 bits per heavy atom.